The second-order valence-electron chi connectivity index (χ2n) is 5.08. The van der Waals surface area contributed by atoms with Crippen molar-refractivity contribution in [2.24, 2.45) is 11.7 Å². The quantitative estimate of drug-likeness (QED) is 0.772. The summed E-state index contributed by atoms with van der Waals surface area (Å²) in [5.74, 6) is 0.488. The highest BCUT2D eigenvalue weighted by atomic mass is 32.2. The normalized spacial score (nSPS) is 17.1. The molecule has 7 heteroatoms. The highest BCUT2D eigenvalue weighted by Gasteiger charge is 2.20. The van der Waals surface area contributed by atoms with Gasteiger partial charge in [0.25, 0.3) is 0 Å². The van der Waals surface area contributed by atoms with E-state index >= 15 is 0 Å². The lowest BCUT2D eigenvalue weighted by atomic mass is 10.1. The van der Waals surface area contributed by atoms with E-state index in [9.17, 15) is 8.42 Å². The lowest BCUT2D eigenvalue weighted by Crippen LogP contribution is -2.28. The summed E-state index contributed by atoms with van der Waals surface area (Å²) in [5.41, 5.74) is 5.41. The van der Waals surface area contributed by atoms with E-state index in [2.05, 4.69) is 9.82 Å². The van der Waals surface area contributed by atoms with Crippen molar-refractivity contribution < 1.29 is 8.42 Å². The van der Waals surface area contributed by atoms with E-state index in [0.717, 1.165) is 19.3 Å². The zero-order chi connectivity index (χ0) is 13.7. The minimum atomic E-state index is -3.42. The van der Waals surface area contributed by atoms with E-state index in [1.165, 1.54) is 19.0 Å². The highest BCUT2D eigenvalue weighted by Crippen LogP contribution is 2.24. The van der Waals surface area contributed by atoms with Crippen molar-refractivity contribution in [3.8, 4) is 0 Å². The minimum absolute atomic E-state index is 0.238. The van der Waals surface area contributed by atoms with Crippen LogP contribution in [0.5, 0.6) is 0 Å². The largest absolute Gasteiger partial charge is 0.330 e. The Morgan fingerprint density at radius 2 is 2.16 bits per heavy atom. The first-order valence-corrected chi connectivity index (χ1v) is 8.32. The van der Waals surface area contributed by atoms with Gasteiger partial charge in [-0.25, -0.2) is 13.1 Å². The summed E-state index contributed by atoms with van der Waals surface area (Å²) < 4.78 is 28.5. The third-order valence-corrected chi connectivity index (χ3v) is 4.93. The lowest BCUT2D eigenvalue weighted by molar-refractivity contribution is 0.519. The van der Waals surface area contributed by atoms with Crippen molar-refractivity contribution in [3.63, 3.8) is 0 Å². The fourth-order valence-corrected chi connectivity index (χ4v) is 3.45. The standard InChI is InChI=1S/C12H22N4O2S/c13-6-3-7-16-10-12(9-14-16)19(17,18)15-8-11-4-1-2-5-11/h9-11,15H,1-8,13H2. The van der Waals surface area contributed by atoms with Crippen LogP contribution >= 0.6 is 0 Å². The predicted molar refractivity (Wildman–Crippen MR) is 73.0 cm³/mol. The molecule has 2 rings (SSSR count). The van der Waals surface area contributed by atoms with E-state index < -0.39 is 10.0 Å². The molecule has 1 heterocycles. The van der Waals surface area contributed by atoms with Crippen molar-refractivity contribution in [2.45, 2.75) is 43.5 Å². The molecule has 1 saturated carbocycles. The molecule has 0 atom stereocenters. The van der Waals surface area contributed by atoms with Crippen molar-refractivity contribution in [3.05, 3.63) is 12.4 Å². The molecule has 1 fully saturated rings. The summed E-state index contributed by atoms with van der Waals surface area (Å²) in [6, 6.07) is 0. The van der Waals surface area contributed by atoms with Gasteiger partial charge in [0.15, 0.2) is 0 Å². The molecule has 1 aliphatic rings. The number of aromatic nitrogens is 2. The maximum absolute atomic E-state index is 12.1. The molecule has 0 spiro atoms. The molecule has 0 aromatic carbocycles. The summed E-state index contributed by atoms with van der Waals surface area (Å²) in [5, 5.41) is 4.04. The van der Waals surface area contributed by atoms with Crippen LogP contribution in [0.15, 0.2) is 17.3 Å². The maximum Gasteiger partial charge on any atom is 0.243 e. The van der Waals surface area contributed by atoms with Crippen molar-refractivity contribution in [2.75, 3.05) is 13.1 Å². The molecule has 0 unspecified atom stereocenters. The third kappa shape index (κ3) is 4.02. The molecule has 0 radical (unpaired) electrons. The Balaban J connectivity index is 1.92. The van der Waals surface area contributed by atoms with Crippen LogP contribution < -0.4 is 10.5 Å². The number of rotatable bonds is 7. The fourth-order valence-electron chi connectivity index (χ4n) is 2.38. The Hall–Kier alpha value is -0.920. The highest BCUT2D eigenvalue weighted by molar-refractivity contribution is 7.89. The number of nitrogens with zero attached hydrogens (tertiary/aromatic N) is 2. The number of nitrogens with one attached hydrogen (secondary N) is 1. The van der Waals surface area contributed by atoms with Gasteiger partial charge in [0.1, 0.15) is 4.90 Å². The van der Waals surface area contributed by atoms with Crippen LogP contribution in [0.4, 0.5) is 0 Å². The van der Waals surface area contributed by atoms with E-state index in [1.807, 2.05) is 0 Å². The second kappa shape index (κ2) is 6.49. The van der Waals surface area contributed by atoms with Gasteiger partial charge in [-0.15, -0.1) is 0 Å². The van der Waals surface area contributed by atoms with Crippen molar-refractivity contribution in [1.82, 2.24) is 14.5 Å². The molecule has 1 aromatic heterocycles. The smallest absolute Gasteiger partial charge is 0.243 e. The first-order chi connectivity index (χ1) is 9.12. The number of nitrogens with two attached hydrogens (primary N) is 1. The molecular weight excluding hydrogens is 264 g/mol. The molecule has 0 saturated heterocycles. The van der Waals surface area contributed by atoms with Gasteiger partial charge in [-0.3, -0.25) is 4.68 Å². The topological polar surface area (TPSA) is 90.0 Å². The van der Waals surface area contributed by atoms with Crippen LogP contribution in [0.2, 0.25) is 0 Å². The zero-order valence-corrected chi connectivity index (χ0v) is 11.9. The summed E-state index contributed by atoms with van der Waals surface area (Å²) in [4.78, 5) is 0.238. The summed E-state index contributed by atoms with van der Waals surface area (Å²) >= 11 is 0. The van der Waals surface area contributed by atoms with Gasteiger partial charge in [0, 0.05) is 19.3 Å². The van der Waals surface area contributed by atoms with Gasteiger partial charge >= 0.3 is 0 Å². The molecular formula is C12H22N4O2S. The Kier molecular flexibility index (Phi) is 4.95. The van der Waals surface area contributed by atoms with Crippen LogP contribution in [0, 0.1) is 5.92 Å². The molecule has 0 amide bonds. The average Bonchev–Trinajstić information content (AvgIpc) is 3.05. The van der Waals surface area contributed by atoms with Crippen LogP contribution in [-0.4, -0.2) is 31.3 Å². The van der Waals surface area contributed by atoms with Crippen molar-refractivity contribution >= 4 is 10.0 Å². The van der Waals surface area contributed by atoms with Crippen LogP contribution in [-0.2, 0) is 16.6 Å². The molecule has 0 aliphatic heterocycles. The first-order valence-electron chi connectivity index (χ1n) is 6.84. The minimum Gasteiger partial charge on any atom is -0.330 e. The Labute approximate surface area is 114 Å². The molecule has 1 aliphatic carbocycles. The van der Waals surface area contributed by atoms with Crippen molar-refractivity contribution in [1.29, 1.82) is 0 Å². The fraction of sp³-hybridized carbons (Fsp3) is 0.750. The van der Waals surface area contributed by atoms with Gasteiger partial charge in [0.2, 0.25) is 10.0 Å². The van der Waals surface area contributed by atoms with E-state index in [0.29, 0.717) is 25.6 Å². The predicted octanol–water partition coefficient (Wildman–Crippen LogP) is 0.700. The lowest BCUT2D eigenvalue weighted by Gasteiger charge is -2.09. The molecule has 108 valence electrons. The molecule has 0 bridgehead atoms. The van der Waals surface area contributed by atoms with Crippen LogP contribution in [0.3, 0.4) is 0 Å². The second-order valence-corrected chi connectivity index (χ2v) is 6.85. The molecule has 1 aromatic rings. The molecule has 19 heavy (non-hydrogen) atoms. The first kappa shape index (κ1) is 14.5. The van der Waals surface area contributed by atoms with Gasteiger partial charge in [-0.1, -0.05) is 12.8 Å². The summed E-state index contributed by atoms with van der Waals surface area (Å²) in [6.07, 6.45) is 8.42. The molecule has 6 nitrogen and oxygen atoms in total. The van der Waals surface area contributed by atoms with E-state index in [-0.39, 0.29) is 4.90 Å². The van der Waals surface area contributed by atoms with E-state index in [4.69, 9.17) is 5.73 Å². The summed E-state index contributed by atoms with van der Waals surface area (Å²) in [6.45, 7) is 1.76. The van der Waals surface area contributed by atoms with Gasteiger partial charge < -0.3 is 5.73 Å². The van der Waals surface area contributed by atoms with Gasteiger partial charge in [-0.05, 0) is 31.7 Å². The molecule has 3 N–H and O–H groups in total. The third-order valence-electron chi connectivity index (χ3n) is 3.55. The number of hydrogen-bond acceptors (Lipinski definition) is 4. The zero-order valence-electron chi connectivity index (χ0n) is 11.1. The number of hydrogen-bond donors (Lipinski definition) is 2. The number of sulfonamides is 1. The Morgan fingerprint density at radius 1 is 1.42 bits per heavy atom. The van der Waals surface area contributed by atoms with Crippen LogP contribution in [0.1, 0.15) is 32.1 Å². The van der Waals surface area contributed by atoms with Crippen LogP contribution in [0.25, 0.3) is 0 Å². The Bertz CT molecular complexity index is 492. The van der Waals surface area contributed by atoms with Gasteiger partial charge in [0.05, 0.1) is 6.20 Å². The SMILES string of the molecule is NCCCn1cc(S(=O)(=O)NCC2CCCC2)cn1. The average molecular weight is 286 g/mol. The van der Waals surface area contributed by atoms with E-state index in [1.54, 1.807) is 10.9 Å². The summed E-state index contributed by atoms with van der Waals surface area (Å²) in [7, 11) is -3.42. The Morgan fingerprint density at radius 3 is 2.84 bits per heavy atom. The van der Waals surface area contributed by atoms with Gasteiger partial charge in [-0.2, -0.15) is 5.10 Å². The maximum atomic E-state index is 12.1. The monoisotopic (exact) mass is 286 g/mol. The number of aryl methyl sites for hydroxylation is 1.